The van der Waals surface area contributed by atoms with Crippen LogP contribution in [0.25, 0.3) is 0 Å². The van der Waals surface area contributed by atoms with Crippen LogP contribution in [-0.4, -0.2) is 41.1 Å². The minimum atomic E-state index is -0.320. The second-order valence-electron chi connectivity index (χ2n) is 6.85. The molecule has 2 aliphatic heterocycles. The molecule has 3 atom stereocenters. The van der Waals surface area contributed by atoms with Gasteiger partial charge in [0, 0.05) is 19.3 Å². The molecule has 0 aromatic carbocycles. The monoisotopic (exact) mass is 357 g/mol. The molecule has 1 N–H and O–H groups in total. The Kier molecular flexibility index (Phi) is 5.10. The van der Waals surface area contributed by atoms with Gasteiger partial charge in [0.05, 0.1) is 18.3 Å². The molecule has 2 saturated heterocycles. The van der Waals surface area contributed by atoms with Crippen molar-refractivity contribution in [3.8, 4) is 0 Å². The first-order valence-electron chi connectivity index (χ1n) is 8.84. The maximum absolute atomic E-state index is 12.4. The summed E-state index contributed by atoms with van der Waals surface area (Å²) >= 11 is 1.74. The average molecular weight is 357 g/mol. The highest BCUT2D eigenvalue weighted by atomic mass is 32.1. The third-order valence-corrected chi connectivity index (χ3v) is 5.82. The Labute approximate surface area is 152 Å². The Hall–Kier alpha value is -1.76. The number of thiophene rings is 1. The average Bonchev–Trinajstić information content (AvgIpc) is 3.30. The first-order chi connectivity index (χ1) is 12.3. The van der Waals surface area contributed by atoms with E-state index < -0.39 is 0 Å². The molecular formula is C19H23N3O2S. The molecule has 0 radical (unpaired) electrons. The molecule has 6 heteroatoms. The number of rotatable bonds is 5. The van der Waals surface area contributed by atoms with E-state index in [2.05, 4.69) is 32.0 Å². The minimum absolute atomic E-state index is 0.00978. The van der Waals surface area contributed by atoms with Crippen molar-refractivity contribution in [2.45, 2.75) is 38.1 Å². The number of aromatic nitrogens is 1. The molecule has 4 rings (SSSR count). The van der Waals surface area contributed by atoms with E-state index in [0.29, 0.717) is 12.5 Å². The van der Waals surface area contributed by atoms with Gasteiger partial charge in [-0.15, -0.1) is 0 Å². The number of pyridine rings is 1. The Bertz CT molecular complexity index is 692. The van der Waals surface area contributed by atoms with E-state index in [9.17, 15) is 4.79 Å². The van der Waals surface area contributed by atoms with Crippen LogP contribution in [0.15, 0.2) is 41.2 Å². The van der Waals surface area contributed by atoms with Crippen LogP contribution >= 0.6 is 11.3 Å². The highest BCUT2D eigenvalue weighted by Gasteiger charge is 2.41. The first kappa shape index (κ1) is 16.7. The fourth-order valence-corrected chi connectivity index (χ4v) is 4.40. The zero-order valence-electron chi connectivity index (χ0n) is 14.1. The van der Waals surface area contributed by atoms with E-state index >= 15 is 0 Å². The first-order valence-corrected chi connectivity index (χ1v) is 9.79. The van der Waals surface area contributed by atoms with Gasteiger partial charge in [-0.1, -0.05) is 6.07 Å². The predicted octanol–water partition coefficient (Wildman–Crippen LogP) is 2.44. The maximum atomic E-state index is 12.4. The molecule has 132 valence electrons. The second-order valence-corrected chi connectivity index (χ2v) is 7.63. The van der Waals surface area contributed by atoms with Gasteiger partial charge in [-0.05, 0) is 59.8 Å². The Balaban J connectivity index is 1.28. The van der Waals surface area contributed by atoms with E-state index in [4.69, 9.17) is 4.74 Å². The van der Waals surface area contributed by atoms with Gasteiger partial charge in [0.15, 0.2) is 0 Å². The summed E-state index contributed by atoms with van der Waals surface area (Å²) < 4.78 is 6.09. The van der Waals surface area contributed by atoms with Crippen LogP contribution in [0, 0.1) is 5.92 Å². The lowest BCUT2D eigenvalue weighted by atomic mass is 9.91. The third-order valence-electron chi connectivity index (χ3n) is 5.08. The largest absolute Gasteiger partial charge is 0.364 e. The Morgan fingerprint density at radius 1 is 1.40 bits per heavy atom. The standard InChI is InChI=1S/C19H23N3O2S/c23-19(21-10-16-3-1-2-6-20-16)17-9-15-4-7-22(12-18(15)24-17)11-14-5-8-25-13-14/h1-3,5-6,8,13,15,17-18H,4,7,9-12H2,(H,21,23)/t15-,17+,18+/m0/s1. The molecule has 1 amide bonds. The van der Waals surface area contributed by atoms with Crippen molar-refractivity contribution in [3.63, 3.8) is 0 Å². The van der Waals surface area contributed by atoms with Crippen molar-refractivity contribution >= 4 is 17.2 Å². The molecule has 25 heavy (non-hydrogen) atoms. The number of hydrogen-bond donors (Lipinski definition) is 1. The van der Waals surface area contributed by atoms with Crippen molar-refractivity contribution in [2.24, 2.45) is 5.92 Å². The molecule has 0 unspecified atom stereocenters. The van der Waals surface area contributed by atoms with Crippen molar-refractivity contribution in [1.82, 2.24) is 15.2 Å². The quantitative estimate of drug-likeness (QED) is 0.893. The topological polar surface area (TPSA) is 54.5 Å². The van der Waals surface area contributed by atoms with Gasteiger partial charge < -0.3 is 10.1 Å². The molecular weight excluding hydrogens is 334 g/mol. The number of ether oxygens (including phenoxy) is 1. The van der Waals surface area contributed by atoms with Crippen LogP contribution < -0.4 is 5.32 Å². The number of carbonyl (C=O) groups excluding carboxylic acids is 1. The highest BCUT2D eigenvalue weighted by Crippen LogP contribution is 2.33. The smallest absolute Gasteiger partial charge is 0.249 e. The number of likely N-dealkylation sites (tertiary alicyclic amines) is 1. The number of nitrogens with zero attached hydrogens (tertiary/aromatic N) is 2. The molecule has 2 aromatic rings. The molecule has 0 saturated carbocycles. The molecule has 2 aromatic heterocycles. The Morgan fingerprint density at radius 2 is 2.36 bits per heavy atom. The van der Waals surface area contributed by atoms with Crippen molar-refractivity contribution in [3.05, 3.63) is 52.5 Å². The molecule has 0 aliphatic carbocycles. The summed E-state index contributed by atoms with van der Waals surface area (Å²) in [6, 6.07) is 7.90. The van der Waals surface area contributed by atoms with E-state index in [1.54, 1.807) is 17.5 Å². The molecule has 2 fully saturated rings. The third kappa shape index (κ3) is 4.08. The maximum Gasteiger partial charge on any atom is 0.249 e. The molecule has 4 heterocycles. The fourth-order valence-electron chi connectivity index (χ4n) is 3.74. The van der Waals surface area contributed by atoms with Crippen molar-refractivity contribution in [1.29, 1.82) is 0 Å². The summed E-state index contributed by atoms with van der Waals surface area (Å²) in [5.74, 6) is 0.494. The number of nitrogens with one attached hydrogen (secondary N) is 1. The lowest BCUT2D eigenvalue weighted by Crippen LogP contribution is -2.42. The van der Waals surface area contributed by atoms with E-state index in [-0.39, 0.29) is 18.1 Å². The molecule has 0 bridgehead atoms. The molecule has 5 nitrogen and oxygen atoms in total. The fraction of sp³-hybridized carbons (Fsp3) is 0.474. The number of hydrogen-bond acceptors (Lipinski definition) is 5. The van der Waals surface area contributed by atoms with Crippen LogP contribution in [0.3, 0.4) is 0 Å². The molecule has 0 spiro atoms. The summed E-state index contributed by atoms with van der Waals surface area (Å²) in [6.45, 7) is 3.44. The van der Waals surface area contributed by atoms with Crippen molar-refractivity contribution in [2.75, 3.05) is 13.1 Å². The lowest BCUT2D eigenvalue weighted by Gasteiger charge is -2.33. The zero-order chi connectivity index (χ0) is 17.1. The number of fused-ring (bicyclic) bond motifs is 1. The number of piperidine rings is 1. The Morgan fingerprint density at radius 3 is 3.16 bits per heavy atom. The minimum Gasteiger partial charge on any atom is -0.364 e. The normalized spacial score (nSPS) is 26.3. The second kappa shape index (κ2) is 7.64. The van der Waals surface area contributed by atoms with Gasteiger partial charge >= 0.3 is 0 Å². The van der Waals surface area contributed by atoms with Gasteiger partial charge in [-0.25, -0.2) is 0 Å². The van der Waals surface area contributed by atoms with Gasteiger partial charge in [-0.2, -0.15) is 11.3 Å². The summed E-state index contributed by atoms with van der Waals surface area (Å²) in [7, 11) is 0. The van der Waals surface area contributed by atoms with Crippen molar-refractivity contribution < 1.29 is 9.53 Å². The van der Waals surface area contributed by atoms with E-state index in [1.165, 1.54) is 5.56 Å². The van der Waals surface area contributed by atoms with Crippen LogP contribution in [0.2, 0.25) is 0 Å². The van der Waals surface area contributed by atoms with E-state index in [1.807, 2.05) is 18.2 Å². The summed E-state index contributed by atoms with van der Waals surface area (Å²) in [6.07, 6.45) is 3.55. The highest BCUT2D eigenvalue weighted by molar-refractivity contribution is 7.07. The van der Waals surface area contributed by atoms with Crippen LogP contribution in [0.5, 0.6) is 0 Å². The predicted molar refractivity (Wildman–Crippen MR) is 97.1 cm³/mol. The molecule has 2 aliphatic rings. The van der Waals surface area contributed by atoms with Gasteiger partial charge in [0.2, 0.25) is 5.91 Å². The SMILES string of the molecule is O=C(NCc1ccccn1)[C@H]1C[C@@H]2CCN(Cc3ccsc3)C[C@H]2O1. The zero-order valence-corrected chi connectivity index (χ0v) is 15.0. The van der Waals surface area contributed by atoms with Gasteiger partial charge in [0.1, 0.15) is 6.10 Å². The summed E-state index contributed by atoms with van der Waals surface area (Å²) in [5.41, 5.74) is 2.24. The lowest BCUT2D eigenvalue weighted by molar-refractivity contribution is -0.133. The van der Waals surface area contributed by atoms with Gasteiger partial charge in [-0.3, -0.25) is 14.7 Å². The van der Waals surface area contributed by atoms with Crippen LogP contribution in [-0.2, 0) is 22.6 Å². The van der Waals surface area contributed by atoms with Crippen LogP contribution in [0.1, 0.15) is 24.1 Å². The van der Waals surface area contributed by atoms with Gasteiger partial charge in [0.25, 0.3) is 0 Å². The number of amides is 1. The van der Waals surface area contributed by atoms with E-state index in [0.717, 1.165) is 38.2 Å². The summed E-state index contributed by atoms with van der Waals surface area (Å²) in [5, 5.41) is 7.28. The van der Waals surface area contributed by atoms with Crippen LogP contribution in [0.4, 0.5) is 0 Å². The summed E-state index contributed by atoms with van der Waals surface area (Å²) in [4.78, 5) is 19.1. The number of carbonyl (C=O) groups is 1.